The molecule has 0 fully saturated rings. The zero-order chi connectivity index (χ0) is 8.10. The van der Waals surface area contributed by atoms with Crippen LogP contribution < -0.4 is 4.31 Å². The van der Waals surface area contributed by atoms with E-state index in [1.807, 2.05) is 18.0 Å². The normalized spacial score (nSPS) is 9.64. The molecule has 0 aliphatic carbocycles. The Balaban J connectivity index is 2.61. The molecule has 0 unspecified atom stereocenters. The fourth-order valence-corrected chi connectivity index (χ4v) is 1.56. The lowest BCUT2D eigenvalue weighted by Gasteiger charge is -2.15. The summed E-state index contributed by atoms with van der Waals surface area (Å²) in [7, 11) is 2.09. The maximum absolute atomic E-state index is 2.18. The summed E-state index contributed by atoms with van der Waals surface area (Å²) in [4.78, 5) is 0. The average molecular weight is 167 g/mol. The van der Waals surface area contributed by atoms with Crippen LogP contribution in [-0.4, -0.2) is 12.8 Å². The Morgan fingerprint density at radius 1 is 1.27 bits per heavy atom. The van der Waals surface area contributed by atoms with E-state index < -0.39 is 0 Å². The second kappa shape index (κ2) is 4.29. The van der Waals surface area contributed by atoms with Crippen molar-refractivity contribution in [1.29, 1.82) is 0 Å². The Morgan fingerprint density at radius 3 is 2.45 bits per heavy atom. The highest BCUT2D eigenvalue weighted by Gasteiger charge is 1.96. The van der Waals surface area contributed by atoms with Gasteiger partial charge in [0.1, 0.15) is 0 Å². The van der Waals surface area contributed by atoms with Gasteiger partial charge >= 0.3 is 0 Å². The number of hydrogen-bond acceptors (Lipinski definition) is 2. The number of benzene rings is 1. The largest absolute Gasteiger partial charge is 0.319 e. The molecule has 0 aliphatic heterocycles. The van der Waals surface area contributed by atoms with Crippen molar-refractivity contribution in [1.82, 2.24) is 0 Å². The van der Waals surface area contributed by atoms with E-state index in [0.717, 1.165) is 5.75 Å². The third-order valence-corrected chi connectivity index (χ3v) is 2.30. The van der Waals surface area contributed by atoms with Gasteiger partial charge in [-0.25, -0.2) is 0 Å². The molecule has 0 bridgehead atoms. The zero-order valence-corrected chi connectivity index (χ0v) is 7.77. The highest BCUT2D eigenvalue weighted by atomic mass is 32.2. The summed E-state index contributed by atoms with van der Waals surface area (Å²) in [5, 5.41) is 0. The molecule has 0 amide bonds. The summed E-state index contributed by atoms with van der Waals surface area (Å²) in [5.74, 6) is 1.12. The van der Waals surface area contributed by atoms with Crippen molar-refractivity contribution in [2.75, 3.05) is 17.1 Å². The minimum atomic E-state index is 1.12. The van der Waals surface area contributed by atoms with E-state index >= 15 is 0 Å². The van der Waals surface area contributed by atoms with E-state index in [0.29, 0.717) is 0 Å². The van der Waals surface area contributed by atoms with Crippen molar-refractivity contribution < 1.29 is 0 Å². The van der Waals surface area contributed by atoms with Gasteiger partial charge in [-0.05, 0) is 12.1 Å². The topological polar surface area (TPSA) is 3.24 Å². The van der Waals surface area contributed by atoms with Crippen LogP contribution in [0.3, 0.4) is 0 Å². The Morgan fingerprint density at radius 2 is 1.91 bits per heavy atom. The van der Waals surface area contributed by atoms with Crippen LogP contribution in [0.25, 0.3) is 0 Å². The first-order valence-electron chi connectivity index (χ1n) is 3.76. The summed E-state index contributed by atoms with van der Waals surface area (Å²) in [6.07, 6.45) is 0. The zero-order valence-electron chi connectivity index (χ0n) is 6.95. The first kappa shape index (κ1) is 8.47. The van der Waals surface area contributed by atoms with Crippen LogP contribution in [0.5, 0.6) is 0 Å². The molecule has 0 heterocycles. The van der Waals surface area contributed by atoms with E-state index in [9.17, 15) is 0 Å². The van der Waals surface area contributed by atoms with Crippen molar-refractivity contribution >= 4 is 17.6 Å². The van der Waals surface area contributed by atoms with Crippen molar-refractivity contribution in [3.63, 3.8) is 0 Å². The van der Waals surface area contributed by atoms with E-state index in [4.69, 9.17) is 0 Å². The molecule has 0 spiro atoms. The standard InChI is InChI=1S/C9H13NS/c1-3-11-10(2)9-7-5-4-6-8-9/h4-8H,3H2,1-2H3. The average Bonchev–Trinajstić information content (AvgIpc) is 2.07. The third kappa shape index (κ3) is 2.46. The van der Waals surface area contributed by atoms with Gasteiger partial charge in [-0.1, -0.05) is 37.1 Å². The van der Waals surface area contributed by atoms with Gasteiger partial charge < -0.3 is 4.31 Å². The van der Waals surface area contributed by atoms with E-state index in [1.165, 1.54) is 5.69 Å². The Hall–Kier alpha value is -0.630. The van der Waals surface area contributed by atoms with E-state index in [2.05, 4.69) is 42.5 Å². The van der Waals surface area contributed by atoms with Crippen LogP contribution in [0.1, 0.15) is 6.92 Å². The SMILES string of the molecule is CCSN(C)c1ccccc1. The molecule has 0 aromatic heterocycles. The maximum atomic E-state index is 2.18. The summed E-state index contributed by atoms with van der Waals surface area (Å²) >= 11 is 1.82. The molecule has 0 saturated heterocycles. The molecule has 60 valence electrons. The molecule has 0 atom stereocenters. The first-order chi connectivity index (χ1) is 5.34. The van der Waals surface area contributed by atoms with Gasteiger partial charge in [0.25, 0.3) is 0 Å². The number of rotatable bonds is 3. The first-order valence-corrected chi connectivity index (χ1v) is 4.70. The molecule has 0 aliphatic rings. The Labute approximate surface area is 72.5 Å². The molecular formula is C9H13NS. The van der Waals surface area contributed by atoms with E-state index in [-0.39, 0.29) is 0 Å². The molecule has 0 radical (unpaired) electrons. The second-order valence-corrected chi connectivity index (χ2v) is 3.63. The van der Waals surface area contributed by atoms with Crippen LogP contribution in [-0.2, 0) is 0 Å². The van der Waals surface area contributed by atoms with Crippen LogP contribution >= 0.6 is 11.9 Å². The molecule has 1 nitrogen and oxygen atoms in total. The molecule has 1 rings (SSSR count). The van der Waals surface area contributed by atoms with Gasteiger partial charge in [0.2, 0.25) is 0 Å². The molecule has 11 heavy (non-hydrogen) atoms. The molecule has 1 aromatic rings. The van der Waals surface area contributed by atoms with E-state index in [1.54, 1.807) is 0 Å². The lowest BCUT2D eigenvalue weighted by molar-refractivity contribution is 1.34. The summed E-state index contributed by atoms with van der Waals surface area (Å²) in [6.45, 7) is 2.16. The van der Waals surface area contributed by atoms with Crippen molar-refractivity contribution in [2.45, 2.75) is 6.92 Å². The highest BCUT2D eigenvalue weighted by molar-refractivity contribution is 8.00. The summed E-state index contributed by atoms with van der Waals surface area (Å²) < 4.78 is 2.18. The van der Waals surface area contributed by atoms with Crippen molar-refractivity contribution in [3.05, 3.63) is 30.3 Å². The van der Waals surface area contributed by atoms with Gasteiger partial charge in [0.05, 0.1) is 0 Å². The van der Waals surface area contributed by atoms with Gasteiger partial charge in [-0.15, -0.1) is 0 Å². The molecule has 0 saturated carbocycles. The monoisotopic (exact) mass is 167 g/mol. The number of nitrogens with zero attached hydrogens (tertiary/aromatic N) is 1. The van der Waals surface area contributed by atoms with Crippen molar-refractivity contribution in [3.8, 4) is 0 Å². The Bertz CT molecular complexity index is 198. The molecule has 2 heteroatoms. The van der Waals surface area contributed by atoms with Crippen molar-refractivity contribution in [2.24, 2.45) is 0 Å². The van der Waals surface area contributed by atoms with Gasteiger partial charge in [-0.2, -0.15) is 0 Å². The summed E-state index contributed by atoms with van der Waals surface area (Å²) in [5.41, 5.74) is 1.26. The van der Waals surface area contributed by atoms with Crippen LogP contribution in [0.2, 0.25) is 0 Å². The minimum Gasteiger partial charge on any atom is -0.319 e. The third-order valence-electron chi connectivity index (χ3n) is 1.44. The van der Waals surface area contributed by atoms with Gasteiger partial charge in [0, 0.05) is 18.5 Å². The predicted octanol–water partition coefficient (Wildman–Crippen LogP) is 2.79. The smallest absolute Gasteiger partial charge is 0.0466 e. The lowest BCUT2D eigenvalue weighted by atomic mass is 10.3. The maximum Gasteiger partial charge on any atom is 0.0466 e. The van der Waals surface area contributed by atoms with Gasteiger partial charge in [0.15, 0.2) is 0 Å². The fourth-order valence-electron chi connectivity index (χ4n) is 0.906. The van der Waals surface area contributed by atoms with Crippen LogP contribution in [0.4, 0.5) is 5.69 Å². The highest BCUT2D eigenvalue weighted by Crippen LogP contribution is 2.18. The summed E-state index contributed by atoms with van der Waals surface area (Å²) in [6, 6.07) is 10.4. The molecule has 0 N–H and O–H groups in total. The minimum absolute atomic E-state index is 1.12. The lowest BCUT2D eigenvalue weighted by Crippen LogP contribution is -2.05. The second-order valence-electron chi connectivity index (χ2n) is 2.25. The number of para-hydroxylation sites is 1. The number of hydrogen-bond donors (Lipinski definition) is 0. The quantitative estimate of drug-likeness (QED) is 0.637. The van der Waals surface area contributed by atoms with Crippen LogP contribution in [0, 0.1) is 0 Å². The van der Waals surface area contributed by atoms with Gasteiger partial charge in [-0.3, -0.25) is 0 Å². The van der Waals surface area contributed by atoms with Crippen LogP contribution in [0.15, 0.2) is 30.3 Å². The molecular weight excluding hydrogens is 154 g/mol. The Kier molecular flexibility index (Phi) is 3.30. The number of anilines is 1. The fraction of sp³-hybridized carbons (Fsp3) is 0.333. The molecule has 1 aromatic carbocycles. The predicted molar refractivity (Wildman–Crippen MR) is 53.0 cm³/mol.